The van der Waals surface area contributed by atoms with Crippen LogP contribution in [0.3, 0.4) is 0 Å². The number of nitrogens with one attached hydrogen (secondary N) is 2. The van der Waals surface area contributed by atoms with Crippen LogP contribution in [0.1, 0.15) is 31.2 Å². The molecule has 2 heterocycles. The molecule has 5 rings (SSSR count). The number of benzene rings is 2. The van der Waals surface area contributed by atoms with Crippen molar-refractivity contribution in [2.45, 2.75) is 54.3 Å². The third-order valence-electron chi connectivity index (χ3n) is 8.00. The summed E-state index contributed by atoms with van der Waals surface area (Å²) in [5, 5.41) is 10.3. The smallest absolute Gasteiger partial charge is 0.490 e. The molecule has 1 aliphatic carbocycles. The largest absolute Gasteiger partial charge is 0.493 e. The summed E-state index contributed by atoms with van der Waals surface area (Å²) < 4.78 is 51.4. The second kappa shape index (κ2) is 14.7. The molecule has 1 aliphatic heterocycles. The molecule has 0 spiro atoms. The topological polar surface area (TPSA) is 122 Å². The normalized spacial score (nSPS) is 21.0. The van der Waals surface area contributed by atoms with E-state index in [-0.39, 0.29) is 17.5 Å². The van der Waals surface area contributed by atoms with Crippen LogP contribution in [0, 0.1) is 0 Å². The molecule has 2 fully saturated rings. The molecule has 1 saturated heterocycles. The first-order valence-corrected chi connectivity index (χ1v) is 14.9. The Kier molecular flexibility index (Phi) is 11.0. The number of halogens is 3. The molecule has 3 N–H and O–H groups in total. The molecule has 14 heteroatoms. The van der Waals surface area contributed by atoms with E-state index in [1.807, 2.05) is 42.5 Å². The molecular formula is C31H35F3N4O6S. The number of carboxylic acid groups (broad SMARTS) is 1. The summed E-state index contributed by atoms with van der Waals surface area (Å²) in [5.41, 5.74) is 1.34. The molecule has 3 atom stereocenters. The molecule has 2 amide bonds. The summed E-state index contributed by atoms with van der Waals surface area (Å²) in [4.78, 5) is 29.2. The number of aliphatic carboxylic acids is 1. The van der Waals surface area contributed by atoms with Crippen LogP contribution >= 0.6 is 11.9 Å². The summed E-state index contributed by atoms with van der Waals surface area (Å²) in [7, 11) is 5.52. The third kappa shape index (κ3) is 8.51. The fourth-order valence-corrected chi connectivity index (χ4v) is 6.32. The molecule has 2 aromatic carbocycles. The van der Waals surface area contributed by atoms with Gasteiger partial charge < -0.3 is 29.5 Å². The average Bonchev–Trinajstić information content (AvgIpc) is 3.37. The summed E-state index contributed by atoms with van der Waals surface area (Å²) in [6, 6.07) is 19.7. The first-order valence-electron chi connectivity index (χ1n) is 14.1. The van der Waals surface area contributed by atoms with Gasteiger partial charge in [0, 0.05) is 34.7 Å². The van der Waals surface area contributed by atoms with Crippen LogP contribution in [-0.4, -0.2) is 73.1 Å². The molecule has 242 valence electrons. The van der Waals surface area contributed by atoms with Gasteiger partial charge >= 0.3 is 18.2 Å². The van der Waals surface area contributed by atoms with Crippen LogP contribution in [0.15, 0.2) is 71.8 Å². The number of likely N-dealkylation sites (N-methyl/N-ethyl adjacent to an activating group) is 1. The number of para-hydroxylation sites is 1. The highest BCUT2D eigenvalue weighted by molar-refractivity contribution is 7.98. The number of carbonyl (C=O) groups excluding carboxylic acids is 1. The number of carbonyl (C=O) groups is 2. The van der Waals surface area contributed by atoms with Gasteiger partial charge in [0.15, 0.2) is 11.5 Å². The quantitative estimate of drug-likeness (QED) is 0.252. The minimum Gasteiger partial charge on any atom is -0.493 e. The fraction of sp³-hybridized carbons (Fsp3) is 0.387. The van der Waals surface area contributed by atoms with Crippen molar-refractivity contribution in [2.24, 2.45) is 0 Å². The fourth-order valence-electron chi connectivity index (χ4n) is 5.81. The summed E-state index contributed by atoms with van der Waals surface area (Å²) in [5.74, 6) is -0.0149. The number of methoxy groups -OCH3 is 2. The van der Waals surface area contributed by atoms with Gasteiger partial charge in [-0.3, -0.25) is 4.72 Å². The Labute approximate surface area is 263 Å². The van der Waals surface area contributed by atoms with Crippen molar-refractivity contribution in [1.82, 2.24) is 19.9 Å². The standard InChI is InChI=1S/C29H34N4O4S.C2HF3O2/c1-33-16-15-29(20-9-11-24(35-2)25(17-20)36-3)14-13-21(18-26(29)33)31-28(34)32-38-23-10-12-27(30-19-23)37-22-7-5-4-6-8-22;3-2(4,5)1(6)7/h4-12,17,19,21,26H,13-16,18H2,1-3H3,(H2,31,32,34);(H,6,7). The highest BCUT2D eigenvalue weighted by atomic mass is 32.2. The SMILES string of the molecule is COc1ccc(C23CCC(NC(=O)NSc4ccc(Oc5ccccc5)nc4)CC2N(C)CC3)cc1OC.O=C(O)C(F)(F)F. The van der Waals surface area contributed by atoms with E-state index in [9.17, 15) is 18.0 Å². The zero-order valence-electron chi connectivity index (χ0n) is 25.0. The lowest BCUT2D eigenvalue weighted by Crippen LogP contribution is -2.52. The van der Waals surface area contributed by atoms with E-state index in [0.717, 1.165) is 54.4 Å². The number of hydrogen-bond donors (Lipinski definition) is 3. The van der Waals surface area contributed by atoms with Gasteiger partial charge in [-0.25, -0.2) is 14.6 Å². The molecule has 10 nitrogen and oxygen atoms in total. The molecular weight excluding hydrogens is 613 g/mol. The Bertz CT molecular complexity index is 1450. The van der Waals surface area contributed by atoms with E-state index in [2.05, 4.69) is 39.1 Å². The van der Waals surface area contributed by atoms with Crippen LogP contribution in [0.2, 0.25) is 0 Å². The highest BCUT2D eigenvalue weighted by Crippen LogP contribution is 2.49. The van der Waals surface area contributed by atoms with Crippen molar-refractivity contribution < 1.29 is 42.1 Å². The molecule has 3 unspecified atom stereocenters. The van der Waals surface area contributed by atoms with Gasteiger partial charge in [0.2, 0.25) is 5.88 Å². The van der Waals surface area contributed by atoms with Gasteiger partial charge in [-0.1, -0.05) is 24.3 Å². The van der Waals surface area contributed by atoms with Crippen molar-refractivity contribution in [3.63, 3.8) is 0 Å². The van der Waals surface area contributed by atoms with Gasteiger partial charge in [-0.2, -0.15) is 13.2 Å². The molecule has 1 aromatic heterocycles. The number of ether oxygens (including phenoxy) is 3. The minimum absolute atomic E-state index is 0.0486. The summed E-state index contributed by atoms with van der Waals surface area (Å²) in [6.07, 6.45) is 0.520. The molecule has 0 bridgehead atoms. The lowest BCUT2D eigenvalue weighted by atomic mass is 9.65. The van der Waals surface area contributed by atoms with Crippen LogP contribution in [-0.2, 0) is 10.2 Å². The predicted molar refractivity (Wildman–Crippen MR) is 162 cm³/mol. The lowest BCUT2D eigenvalue weighted by Gasteiger charge is -2.45. The van der Waals surface area contributed by atoms with Crippen molar-refractivity contribution in [2.75, 3.05) is 27.8 Å². The van der Waals surface area contributed by atoms with Crippen molar-refractivity contribution in [3.05, 3.63) is 72.4 Å². The van der Waals surface area contributed by atoms with E-state index in [0.29, 0.717) is 11.9 Å². The summed E-state index contributed by atoms with van der Waals surface area (Å²) >= 11 is 1.24. The number of urea groups is 1. The second-order valence-electron chi connectivity index (χ2n) is 10.7. The average molecular weight is 649 g/mol. The molecule has 0 radical (unpaired) electrons. The Morgan fingerprint density at radius 3 is 2.38 bits per heavy atom. The first-order chi connectivity index (χ1) is 21.4. The Hall–Kier alpha value is -4.17. The zero-order chi connectivity index (χ0) is 32.6. The monoisotopic (exact) mass is 648 g/mol. The van der Waals surface area contributed by atoms with E-state index in [1.165, 1.54) is 17.5 Å². The van der Waals surface area contributed by atoms with E-state index >= 15 is 0 Å². The maximum absolute atomic E-state index is 12.7. The van der Waals surface area contributed by atoms with Crippen molar-refractivity contribution in [1.29, 1.82) is 0 Å². The number of likely N-dealkylation sites (tertiary alicyclic amines) is 1. The minimum atomic E-state index is -5.08. The Morgan fingerprint density at radius 1 is 1.04 bits per heavy atom. The summed E-state index contributed by atoms with van der Waals surface area (Å²) in [6.45, 7) is 1.03. The zero-order valence-corrected chi connectivity index (χ0v) is 25.8. The van der Waals surface area contributed by atoms with E-state index in [4.69, 9.17) is 24.1 Å². The number of amides is 2. The third-order valence-corrected chi connectivity index (χ3v) is 8.76. The van der Waals surface area contributed by atoms with Gasteiger partial charge in [-0.15, -0.1) is 0 Å². The van der Waals surface area contributed by atoms with Crippen LogP contribution < -0.4 is 24.2 Å². The van der Waals surface area contributed by atoms with Crippen molar-refractivity contribution >= 4 is 23.9 Å². The van der Waals surface area contributed by atoms with E-state index < -0.39 is 12.1 Å². The van der Waals surface area contributed by atoms with E-state index in [1.54, 1.807) is 26.5 Å². The lowest BCUT2D eigenvalue weighted by molar-refractivity contribution is -0.192. The van der Waals surface area contributed by atoms with Gasteiger partial charge in [0.1, 0.15) is 5.75 Å². The number of hydrogen-bond acceptors (Lipinski definition) is 8. The molecule has 1 saturated carbocycles. The van der Waals surface area contributed by atoms with Gasteiger partial charge in [0.05, 0.1) is 14.2 Å². The second-order valence-corrected chi connectivity index (χ2v) is 11.6. The van der Waals surface area contributed by atoms with Gasteiger partial charge in [-0.05, 0) is 87.1 Å². The predicted octanol–water partition coefficient (Wildman–Crippen LogP) is 6.03. The number of fused-ring (bicyclic) bond motifs is 1. The first kappa shape index (κ1) is 33.7. The van der Waals surface area contributed by atoms with Crippen molar-refractivity contribution in [3.8, 4) is 23.1 Å². The molecule has 2 aliphatic rings. The number of rotatable bonds is 8. The van der Waals surface area contributed by atoms with Crippen LogP contribution in [0.25, 0.3) is 0 Å². The molecule has 45 heavy (non-hydrogen) atoms. The number of nitrogens with zero attached hydrogens (tertiary/aromatic N) is 2. The number of pyridine rings is 1. The van der Waals surface area contributed by atoms with Gasteiger partial charge in [0.25, 0.3) is 0 Å². The number of alkyl halides is 3. The maximum Gasteiger partial charge on any atom is 0.490 e. The number of aromatic nitrogens is 1. The Balaban J connectivity index is 0.000000591. The maximum atomic E-state index is 12.7. The number of carboxylic acids is 1. The Morgan fingerprint density at radius 2 is 1.76 bits per heavy atom. The highest BCUT2D eigenvalue weighted by Gasteiger charge is 2.50. The molecule has 3 aromatic rings. The van der Waals surface area contributed by atoms with Crippen LogP contribution in [0.4, 0.5) is 18.0 Å². The van der Waals surface area contributed by atoms with Crippen LogP contribution in [0.5, 0.6) is 23.1 Å².